The maximum Gasteiger partial charge on any atom is 0.263 e. The molecule has 0 spiro atoms. The number of methoxy groups -OCH3 is 2. The van der Waals surface area contributed by atoms with E-state index in [-0.39, 0.29) is 23.3 Å². The Morgan fingerprint density at radius 1 is 0.914 bits per heavy atom. The van der Waals surface area contributed by atoms with Crippen LogP contribution in [0.2, 0.25) is 0 Å². The summed E-state index contributed by atoms with van der Waals surface area (Å²) >= 11 is 1.42. The van der Waals surface area contributed by atoms with Gasteiger partial charge in [-0.2, -0.15) is 4.98 Å². The van der Waals surface area contributed by atoms with Crippen LogP contribution in [0.4, 0.5) is 5.82 Å². The van der Waals surface area contributed by atoms with Gasteiger partial charge in [0.25, 0.3) is 15.9 Å². The quantitative estimate of drug-likeness (QED) is 0.330. The molecule has 0 aliphatic carbocycles. The summed E-state index contributed by atoms with van der Waals surface area (Å²) in [4.78, 5) is 13.2. The Labute approximate surface area is 207 Å². The van der Waals surface area contributed by atoms with Crippen LogP contribution in [0.15, 0.2) is 65.4 Å². The molecule has 4 aromatic rings. The molecule has 0 aliphatic heterocycles. The number of hydrogen-bond acceptors (Lipinski definition) is 9. The Bertz CT molecular complexity index is 1450. The summed E-state index contributed by atoms with van der Waals surface area (Å²) in [6, 6.07) is 16.0. The minimum absolute atomic E-state index is 0.0237. The lowest BCUT2D eigenvalue weighted by molar-refractivity contribution is 0.348. The van der Waals surface area contributed by atoms with Gasteiger partial charge in [0, 0.05) is 5.38 Å². The van der Waals surface area contributed by atoms with Gasteiger partial charge in [-0.1, -0.05) is 42.5 Å². The molecule has 0 bridgehead atoms. The Kier molecular flexibility index (Phi) is 7.28. The third kappa shape index (κ3) is 5.94. The topological polar surface area (TPSA) is 113 Å². The van der Waals surface area contributed by atoms with E-state index in [9.17, 15) is 8.42 Å². The Morgan fingerprint density at radius 3 is 2.29 bits per heavy atom. The maximum absolute atomic E-state index is 13.0. The highest BCUT2D eigenvalue weighted by molar-refractivity contribution is 7.95. The van der Waals surface area contributed by atoms with Gasteiger partial charge in [0.1, 0.15) is 5.69 Å². The summed E-state index contributed by atoms with van der Waals surface area (Å²) in [6.45, 7) is 1.85. The molecule has 0 saturated heterocycles. The van der Waals surface area contributed by atoms with E-state index in [2.05, 4.69) is 19.7 Å². The number of sulfonamides is 1. The van der Waals surface area contributed by atoms with Gasteiger partial charge < -0.3 is 14.2 Å². The first-order chi connectivity index (χ1) is 16.9. The average Bonchev–Trinajstić information content (AvgIpc) is 3.30. The average molecular weight is 511 g/mol. The number of nitrogens with zero attached hydrogens (tertiary/aromatic N) is 3. The summed E-state index contributed by atoms with van der Waals surface area (Å²) in [7, 11) is -1.08. The Hall–Kier alpha value is -3.96. The van der Waals surface area contributed by atoms with Crippen molar-refractivity contribution in [2.45, 2.75) is 6.92 Å². The van der Waals surface area contributed by atoms with Crippen molar-refractivity contribution in [3.63, 3.8) is 0 Å². The Balaban J connectivity index is 1.79. The zero-order valence-corrected chi connectivity index (χ0v) is 20.8. The van der Waals surface area contributed by atoms with Crippen molar-refractivity contribution in [3.05, 3.63) is 76.0 Å². The van der Waals surface area contributed by atoms with E-state index in [1.54, 1.807) is 41.8 Å². The number of aryl methyl sites for hydroxylation is 1. The van der Waals surface area contributed by atoms with E-state index in [4.69, 9.17) is 14.2 Å². The third-order valence-corrected chi connectivity index (χ3v) is 6.38. The number of hydrogen-bond donors (Lipinski definition) is 1. The SMILES string of the molecule is COc1ccccc1Oc1c(NS(=O)(=O)/C=C/c2ccccc2)nc(-c2csc(C)n2)nc1OC. The number of benzene rings is 2. The second-order valence-corrected chi connectivity index (χ2v) is 9.73. The van der Waals surface area contributed by atoms with Crippen molar-refractivity contribution >= 4 is 33.3 Å². The highest BCUT2D eigenvalue weighted by atomic mass is 32.2. The van der Waals surface area contributed by atoms with Crippen molar-refractivity contribution in [2.24, 2.45) is 0 Å². The molecule has 1 N–H and O–H groups in total. The molecular formula is C24H22N4O5S2. The number of aromatic nitrogens is 3. The molecule has 4 rings (SSSR count). The summed E-state index contributed by atoms with van der Waals surface area (Å²) in [6.07, 6.45) is 1.48. The van der Waals surface area contributed by atoms with Crippen LogP contribution in [-0.4, -0.2) is 37.6 Å². The smallest absolute Gasteiger partial charge is 0.263 e. The first-order valence-electron chi connectivity index (χ1n) is 10.3. The van der Waals surface area contributed by atoms with E-state index in [1.807, 2.05) is 25.1 Å². The van der Waals surface area contributed by atoms with Crippen molar-refractivity contribution in [3.8, 4) is 34.6 Å². The van der Waals surface area contributed by atoms with Gasteiger partial charge in [-0.25, -0.2) is 18.4 Å². The lowest BCUT2D eigenvalue weighted by Crippen LogP contribution is -2.13. The van der Waals surface area contributed by atoms with E-state index in [0.29, 0.717) is 17.2 Å². The van der Waals surface area contributed by atoms with Crippen LogP contribution in [0.1, 0.15) is 10.6 Å². The van der Waals surface area contributed by atoms with Gasteiger partial charge in [0.15, 0.2) is 23.1 Å². The fraction of sp³-hybridized carbons (Fsp3) is 0.125. The molecule has 2 aromatic carbocycles. The number of rotatable bonds is 9. The highest BCUT2D eigenvalue weighted by Gasteiger charge is 2.23. The minimum atomic E-state index is -3.99. The van der Waals surface area contributed by atoms with Gasteiger partial charge in [0.05, 0.1) is 24.6 Å². The van der Waals surface area contributed by atoms with Crippen LogP contribution in [0.5, 0.6) is 23.1 Å². The van der Waals surface area contributed by atoms with Crippen LogP contribution >= 0.6 is 11.3 Å². The van der Waals surface area contributed by atoms with Gasteiger partial charge in [0.2, 0.25) is 5.75 Å². The summed E-state index contributed by atoms with van der Waals surface area (Å²) < 4.78 is 45.2. The molecule has 2 heterocycles. The molecule has 0 fully saturated rings. The second-order valence-electron chi connectivity index (χ2n) is 7.10. The number of ether oxygens (including phenoxy) is 3. The van der Waals surface area contributed by atoms with Crippen LogP contribution in [0, 0.1) is 6.92 Å². The molecule has 35 heavy (non-hydrogen) atoms. The lowest BCUT2D eigenvalue weighted by Gasteiger charge is -2.16. The zero-order valence-electron chi connectivity index (χ0n) is 19.1. The van der Waals surface area contributed by atoms with Crippen molar-refractivity contribution < 1.29 is 22.6 Å². The number of anilines is 1. The number of thiazole rings is 1. The third-order valence-electron chi connectivity index (χ3n) is 4.64. The Morgan fingerprint density at radius 2 is 1.63 bits per heavy atom. The number of nitrogens with one attached hydrogen (secondary N) is 1. The molecule has 2 aromatic heterocycles. The zero-order chi connectivity index (χ0) is 24.8. The first-order valence-corrected chi connectivity index (χ1v) is 12.8. The predicted octanol–water partition coefficient (Wildman–Crippen LogP) is 5.13. The normalized spacial score (nSPS) is 11.4. The van der Waals surface area contributed by atoms with Crippen LogP contribution in [0.25, 0.3) is 17.6 Å². The maximum atomic E-state index is 13.0. The van der Waals surface area contributed by atoms with E-state index in [0.717, 1.165) is 16.0 Å². The van der Waals surface area contributed by atoms with E-state index < -0.39 is 10.0 Å². The largest absolute Gasteiger partial charge is 0.493 e. The lowest BCUT2D eigenvalue weighted by atomic mass is 10.2. The van der Waals surface area contributed by atoms with Crippen molar-refractivity contribution in [2.75, 3.05) is 18.9 Å². The predicted molar refractivity (Wildman–Crippen MR) is 136 cm³/mol. The summed E-state index contributed by atoms with van der Waals surface area (Å²) in [5.74, 6) is 0.839. The summed E-state index contributed by atoms with van der Waals surface area (Å²) in [5.41, 5.74) is 1.21. The van der Waals surface area contributed by atoms with Gasteiger partial charge in [-0.15, -0.1) is 11.3 Å². The summed E-state index contributed by atoms with van der Waals surface area (Å²) in [5, 5.41) is 3.64. The highest BCUT2D eigenvalue weighted by Crippen LogP contribution is 2.41. The standard InChI is InChI=1S/C24H22N4O5S2/c1-16-25-18(15-34-16)22-26-23(28-35(29,30)14-13-17-9-5-4-6-10-17)21(24(27-22)32-3)33-20-12-8-7-11-19(20)31-2/h4-15H,1-3H3,(H,26,27,28)/b14-13+. The molecule has 0 radical (unpaired) electrons. The molecule has 180 valence electrons. The van der Waals surface area contributed by atoms with Crippen LogP contribution < -0.4 is 18.9 Å². The second kappa shape index (κ2) is 10.5. The first kappa shape index (κ1) is 24.2. The molecule has 0 unspecified atom stereocenters. The molecule has 0 atom stereocenters. The van der Waals surface area contributed by atoms with Gasteiger partial charge >= 0.3 is 0 Å². The van der Waals surface area contributed by atoms with E-state index >= 15 is 0 Å². The fourth-order valence-electron chi connectivity index (χ4n) is 3.02. The molecule has 0 amide bonds. The fourth-order valence-corrected chi connectivity index (χ4v) is 4.43. The molecule has 9 nitrogen and oxygen atoms in total. The van der Waals surface area contributed by atoms with Crippen molar-refractivity contribution in [1.29, 1.82) is 0 Å². The number of para-hydroxylation sites is 2. The van der Waals surface area contributed by atoms with Crippen molar-refractivity contribution in [1.82, 2.24) is 15.0 Å². The monoisotopic (exact) mass is 510 g/mol. The van der Waals surface area contributed by atoms with Gasteiger partial charge in [-0.3, -0.25) is 4.72 Å². The minimum Gasteiger partial charge on any atom is -0.493 e. The van der Waals surface area contributed by atoms with E-state index in [1.165, 1.54) is 31.6 Å². The molecule has 0 saturated carbocycles. The van der Waals surface area contributed by atoms with Crippen LogP contribution in [-0.2, 0) is 10.0 Å². The molecular weight excluding hydrogens is 488 g/mol. The van der Waals surface area contributed by atoms with Crippen LogP contribution in [0.3, 0.4) is 0 Å². The molecule has 0 aliphatic rings. The van der Waals surface area contributed by atoms with Gasteiger partial charge in [-0.05, 0) is 30.7 Å². The molecule has 11 heteroatoms.